The molecule has 0 bridgehead atoms. The number of hydrogen-bond donors (Lipinski definition) is 0. The molecule has 3 heterocycles. The number of rotatable bonds is 5. The van der Waals surface area contributed by atoms with Crippen molar-refractivity contribution in [2.45, 2.75) is 111 Å². The predicted molar refractivity (Wildman–Crippen MR) is 132 cm³/mol. The maximum atomic E-state index is 5.12. The number of aromatic nitrogens is 5. The predicted octanol–water partition coefficient (Wildman–Crippen LogP) is 6.46. The molecule has 0 fully saturated rings. The van der Waals surface area contributed by atoms with Gasteiger partial charge in [0.05, 0.1) is 11.4 Å². The van der Waals surface area contributed by atoms with Crippen LogP contribution in [0.15, 0.2) is 24.8 Å². The Bertz CT molecular complexity index is 1090. The summed E-state index contributed by atoms with van der Waals surface area (Å²) in [6.07, 6.45) is 9.81. The van der Waals surface area contributed by atoms with Crippen molar-refractivity contribution >= 4 is 5.65 Å². The molecule has 3 aromatic rings. The van der Waals surface area contributed by atoms with Crippen molar-refractivity contribution in [2.75, 3.05) is 0 Å². The summed E-state index contributed by atoms with van der Waals surface area (Å²) in [5.41, 5.74) is 5.20. The lowest BCUT2D eigenvalue weighted by Crippen LogP contribution is -2.29. The van der Waals surface area contributed by atoms with Crippen LogP contribution in [0.4, 0.5) is 0 Å². The summed E-state index contributed by atoms with van der Waals surface area (Å²) in [6, 6.07) is 0. The van der Waals surface area contributed by atoms with E-state index in [4.69, 9.17) is 19.9 Å². The van der Waals surface area contributed by atoms with Gasteiger partial charge in [-0.1, -0.05) is 69.2 Å². The number of aryl methyl sites for hydroxylation is 1. The molecule has 0 radical (unpaired) electrons. The van der Waals surface area contributed by atoms with Crippen molar-refractivity contribution in [3.8, 4) is 0 Å². The zero-order valence-corrected chi connectivity index (χ0v) is 22.0. The van der Waals surface area contributed by atoms with Gasteiger partial charge < -0.3 is 0 Å². The van der Waals surface area contributed by atoms with E-state index in [-0.39, 0.29) is 21.7 Å². The van der Waals surface area contributed by atoms with Gasteiger partial charge in [-0.05, 0) is 25.2 Å². The SMILES string of the molecule is Cc1nc(C(C)(C)CCC(C)(C)c2cnc(C(C)(C)C)cn2)n2ccnc2c1C(C)(C)C. The highest BCUT2D eigenvalue weighted by Gasteiger charge is 2.33. The van der Waals surface area contributed by atoms with E-state index in [0.29, 0.717) is 0 Å². The lowest BCUT2D eigenvalue weighted by Gasteiger charge is -2.32. The molecule has 0 amide bonds. The molecule has 0 unspecified atom stereocenters. The first-order valence-corrected chi connectivity index (χ1v) is 11.7. The molecule has 5 nitrogen and oxygen atoms in total. The Morgan fingerprint density at radius 3 is 1.81 bits per heavy atom. The highest BCUT2D eigenvalue weighted by molar-refractivity contribution is 5.54. The Morgan fingerprint density at radius 2 is 1.28 bits per heavy atom. The van der Waals surface area contributed by atoms with E-state index in [2.05, 4.69) is 86.8 Å². The van der Waals surface area contributed by atoms with Gasteiger partial charge in [0.25, 0.3) is 0 Å². The first-order chi connectivity index (χ1) is 14.5. The third kappa shape index (κ3) is 4.72. The van der Waals surface area contributed by atoms with Gasteiger partial charge in [-0.15, -0.1) is 0 Å². The van der Waals surface area contributed by atoms with Gasteiger partial charge in [0.2, 0.25) is 0 Å². The molecule has 0 saturated carbocycles. The molecule has 0 aliphatic heterocycles. The number of imidazole rings is 1. The summed E-state index contributed by atoms with van der Waals surface area (Å²) >= 11 is 0. The van der Waals surface area contributed by atoms with E-state index in [1.807, 2.05) is 18.6 Å². The van der Waals surface area contributed by atoms with Crippen molar-refractivity contribution in [1.82, 2.24) is 24.3 Å². The first-order valence-electron chi connectivity index (χ1n) is 11.7. The number of fused-ring (bicyclic) bond motifs is 1. The second kappa shape index (κ2) is 7.93. The molecule has 0 spiro atoms. The second-order valence-electron chi connectivity index (χ2n) is 12.6. The molecule has 3 rings (SSSR count). The second-order valence-corrected chi connectivity index (χ2v) is 12.6. The van der Waals surface area contributed by atoms with Crippen LogP contribution in [0, 0.1) is 6.92 Å². The molecule has 0 aromatic carbocycles. The molecular formula is C27H41N5. The molecule has 0 aliphatic rings. The highest BCUT2D eigenvalue weighted by atomic mass is 15.1. The average Bonchev–Trinajstić information content (AvgIpc) is 3.13. The maximum absolute atomic E-state index is 5.12. The summed E-state index contributed by atoms with van der Waals surface area (Å²) < 4.78 is 2.19. The summed E-state index contributed by atoms with van der Waals surface area (Å²) in [6.45, 7) is 24.4. The normalized spacial score (nSPS) is 13.7. The van der Waals surface area contributed by atoms with Crippen LogP contribution < -0.4 is 0 Å². The maximum Gasteiger partial charge on any atom is 0.143 e. The van der Waals surface area contributed by atoms with Crippen LogP contribution in [0.5, 0.6) is 0 Å². The van der Waals surface area contributed by atoms with Gasteiger partial charge in [0.15, 0.2) is 0 Å². The van der Waals surface area contributed by atoms with Crippen LogP contribution in [-0.4, -0.2) is 24.3 Å². The van der Waals surface area contributed by atoms with E-state index in [0.717, 1.165) is 41.4 Å². The molecule has 0 N–H and O–H groups in total. The zero-order chi connectivity index (χ0) is 24.1. The first kappa shape index (κ1) is 24.3. The lowest BCUT2D eigenvalue weighted by atomic mass is 9.76. The van der Waals surface area contributed by atoms with Gasteiger partial charge in [-0.2, -0.15) is 0 Å². The van der Waals surface area contributed by atoms with E-state index >= 15 is 0 Å². The minimum absolute atomic E-state index is 0.00770. The van der Waals surface area contributed by atoms with E-state index < -0.39 is 0 Å². The third-order valence-corrected chi connectivity index (χ3v) is 6.57. The lowest BCUT2D eigenvalue weighted by molar-refractivity contribution is 0.352. The molecule has 5 heteroatoms. The van der Waals surface area contributed by atoms with Crippen LogP contribution in [0.1, 0.15) is 111 Å². The Morgan fingerprint density at radius 1 is 0.719 bits per heavy atom. The monoisotopic (exact) mass is 435 g/mol. The van der Waals surface area contributed by atoms with Crippen LogP contribution in [0.3, 0.4) is 0 Å². The van der Waals surface area contributed by atoms with Crippen molar-refractivity contribution in [3.63, 3.8) is 0 Å². The molecule has 174 valence electrons. The van der Waals surface area contributed by atoms with E-state index in [9.17, 15) is 0 Å². The van der Waals surface area contributed by atoms with Gasteiger partial charge in [-0.25, -0.2) is 9.97 Å². The van der Waals surface area contributed by atoms with Crippen molar-refractivity contribution in [3.05, 3.63) is 53.3 Å². The van der Waals surface area contributed by atoms with Crippen molar-refractivity contribution < 1.29 is 0 Å². The molecule has 0 saturated heterocycles. The van der Waals surface area contributed by atoms with Crippen LogP contribution in [0.25, 0.3) is 5.65 Å². The molecule has 32 heavy (non-hydrogen) atoms. The largest absolute Gasteiger partial charge is 0.287 e. The smallest absolute Gasteiger partial charge is 0.143 e. The van der Waals surface area contributed by atoms with Crippen LogP contribution in [0.2, 0.25) is 0 Å². The van der Waals surface area contributed by atoms with E-state index in [1.54, 1.807) is 0 Å². The van der Waals surface area contributed by atoms with Gasteiger partial charge >= 0.3 is 0 Å². The average molecular weight is 436 g/mol. The van der Waals surface area contributed by atoms with Crippen LogP contribution in [-0.2, 0) is 21.7 Å². The van der Waals surface area contributed by atoms with Gasteiger partial charge in [-0.3, -0.25) is 14.4 Å². The number of nitrogens with zero attached hydrogens (tertiary/aromatic N) is 5. The third-order valence-electron chi connectivity index (χ3n) is 6.57. The summed E-state index contributed by atoms with van der Waals surface area (Å²) in [4.78, 5) is 19.3. The fourth-order valence-corrected chi connectivity index (χ4v) is 4.37. The zero-order valence-electron chi connectivity index (χ0n) is 22.0. The topological polar surface area (TPSA) is 56.0 Å². The summed E-state index contributed by atoms with van der Waals surface area (Å²) in [5, 5.41) is 0. The Hall–Kier alpha value is -2.30. The number of hydrogen-bond acceptors (Lipinski definition) is 4. The molecule has 3 aromatic heterocycles. The van der Waals surface area contributed by atoms with Gasteiger partial charge in [0, 0.05) is 52.3 Å². The standard InChI is InChI=1S/C27H41N5/c1-18-21(25(5,6)7)22-28-14-15-32(22)23(31-18)27(10,11)13-12-26(8,9)20-17-29-19(16-30-20)24(2,3)4/h14-17H,12-13H2,1-11H3. The minimum atomic E-state index is -0.115. The quantitative estimate of drug-likeness (QED) is 0.461. The van der Waals surface area contributed by atoms with Gasteiger partial charge in [0.1, 0.15) is 11.5 Å². The fourth-order valence-electron chi connectivity index (χ4n) is 4.37. The summed E-state index contributed by atoms with van der Waals surface area (Å²) in [5.74, 6) is 1.07. The minimum Gasteiger partial charge on any atom is -0.287 e. The molecule has 0 atom stereocenters. The Labute approximate surface area is 194 Å². The fraction of sp³-hybridized carbons (Fsp3) is 0.630. The van der Waals surface area contributed by atoms with E-state index in [1.165, 1.54) is 5.56 Å². The molecular weight excluding hydrogens is 394 g/mol. The molecule has 0 aliphatic carbocycles. The highest BCUT2D eigenvalue weighted by Crippen LogP contribution is 2.37. The van der Waals surface area contributed by atoms with Crippen molar-refractivity contribution in [2.24, 2.45) is 0 Å². The van der Waals surface area contributed by atoms with Crippen molar-refractivity contribution in [1.29, 1.82) is 0 Å². The van der Waals surface area contributed by atoms with Crippen LogP contribution >= 0.6 is 0 Å². The Balaban J connectivity index is 1.90. The summed E-state index contributed by atoms with van der Waals surface area (Å²) in [7, 11) is 0. The Kier molecular flexibility index (Phi) is 6.03.